The average Bonchev–Trinajstić information content (AvgIpc) is 3.17. The number of rotatable bonds is 2. The van der Waals surface area contributed by atoms with Gasteiger partial charge in [-0.25, -0.2) is 0 Å². The van der Waals surface area contributed by atoms with Crippen LogP contribution in [0.25, 0.3) is 59.8 Å². The Morgan fingerprint density at radius 2 is 1.60 bits per heavy atom. The standard InChI is InChI=1S/C33H30N2/c1-19(2)21-11-13-28-25(16-21)24-12-10-20-14-15-34-30-26-17-22-8-6-7-9-23(22)27(18-33(3,4)5)31(26)35(28)32(24)29(20)30/h6-17,19H,18H2,1-5H3. The van der Waals surface area contributed by atoms with E-state index >= 15 is 0 Å². The molecule has 0 aliphatic rings. The molecule has 0 aliphatic carbocycles. The van der Waals surface area contributed by atoms with Crippen LogP contribution < -0.4 is 0 Å². The molecule has 0 aliphatic heterocycles. The lowest BCUT2D eigenvalue weighted by atomic mass is 9.84. The molecule has 3 heterocycles. The first-order valence-electron chi connectivity index (χ1n) is 12.7. The van der Waals surface area contributed by atoms with Gasteiger partial charge in [-0.3, -0.25) is 4.98 Å². The SMILES string of the molecule is CC(C)c1ccc2c(c1)c1ccc3ccnc4c5cc6ccccc6c(CC(C)(C)C)c5n2c1c34. The smallest absolute Gasteiger partial charge is 0.0823 e. The van der Waals surface area contributed by atoms with E-state index in [1.165, 1.54) is 65.4 Å². The maximum atomic E-state index is 5.01. The summed E-state index contributed by atoms with van der Waals surface area (Å²) < 4.78 is 2.56. The first kappa shape index (κ1) is 20.7. The second-order valence-corrected chi connectivity index (χ2v) is 11.7. The van der Waals surface area contributed by atoms with Crippen molar-refractivity contribution in [3.8, 4) is 0 Å². The molecule has 0 spiro atoms. The molecule has 2 heteroatoms. The van der Waals surface area contributed by atoms with Crippen molar-refractivity contribution in [2.45, 2.75) is 47.0 Å². The Bertz CT molecular complexity index is 1930. The topological polar surface area (TPSA) is 17.3 Å². The van der Waals surface area contributed by atoms with E-state index < -0.39 is 0 Å². The predicted molar refractivity (Wildman–Crippen MR) is 151 cm³/mol. The number of hydrogen-bond acceptors (Lipinski definition) is 1. The van der Waals surface area contributed by atoms with Crippen LogP contribution in [0.2, 0.25) is 0 Å². The summed E-state index contributed by atoms with van der Waals surface area (Å²) in [7, 11) is 0. The maximum Gasteiger partial charge on any atom is 0.0823 e. The predicted octanol–water partition coefficient (Wildman–Crippen LogP) is 9.25. The molecule has 35 heavy (non-hydrogen) atoms. The van der Waals surface area contributed by atoms with Crippen molar-refractivity contribution in [1.29, 1.82) is 0 Å². The van der Waals surface area contributed by atoms with Crippen molar-refractivity contribution in [3.63, 3.8) is 0 Å². The lowest BCUT2D eigenvalue weighted by Gasteiger charge is -2.23. The summed E-state index contributed by atoms with van der Waals surface area (Å²) >= 11 is 0. The summed E-state index contributed by atoms with van der Waals surface area (Å²) in [6.45, 7) is 11.6. The monoisotopic (exact) mass is 454 g/mol. The summed E-state index contributed by atoms with van der Waals surface area (Å²) in [5, 5.41) is 9.08. The highest BCUT2D eigenvalue weighted by Gasteiger charge is 2.24. The zero-order valence-electron chi connectivity index (χ0n) is 21.1. The van der Waals surface area contributed by atoms with Gasteiger partial charge < -0.3 is 4.40 Å². The van der Waals surface area contributed by atoms with Gasteiger partial charge in [0.2, 0.25) is 0 Å². The average molecular weight is 455 g/mol. The third kappa shape index (κ3) is 2.86. The quantitative estimate of drug-likeness (QED) is 0.188. The molecule has 0 atom stereocenters. The van der Waals surface area contributed by atoms with E-state index in [-0.39, 0.29) is 5.41 Å². The summed E-state index contributed by atoms with van der Waals surface area (Å²) in [6, 6.07) is 25.1. The number of aromatic nitrogens is 2. The van der Waals surface area contributed by atoms with Gasteiger partial charge in [0.1, 0.15) is 0 Å². The van der Waals surface area contributed by atoms with Crippen molar-refractivity contribution in [2.75, 3.05) is 0 Å². The van der Waals surface area contributed by atoms with Gasteiger partial charge in [0.15, 0.2) is 0 Å². The minimum Gasteiger partial charge on any atom is -0.308 e. The molecule has 0 N–H and O–H groups in total. The fourth-order valence-corrected chi connectivity index (χ4v) is 6.14. The first-order valence-corrected chi connectivity index (χ1v) is 12.7. The van der Waals surface area contributed by atoms with Crippen molar-refractivity contribution in [1.82, 2.24) is 9.38 Å². The molecule has 0 unspecified atom stereocenters. The minimum atomic E-state index is 0.154. The van der Waals surface area contributed by atoms with Crippen LogP contribution in [0.3, 0.4) is 0 Å². The Hall–Kier alpha value is -3.65. The van der Waals surface area contributed by atoms with E-state index in [0.29, 0.717) is 5.92 Å². The first-order chi connectivity index (χ1) is 16.8. The number of nitrogens with zero attached hydrogens (tertiary/aromatic N) is 2. The largest absolute Gasteiger partial charge is 0.308 e. The van der Waals surface area contributed by atoms with Crippen molar-refractivity contribution in [2.24, 2.45) is 5.41 Å². The minimum absolute atomic E-state index is 0.154. The van der Waals surface area contributed by atoms with Gasteiger partial charge in [-0.15, -0.1) is 0 Å². The third-order valence-corrected chi connectivity index (χ3v) is 7.66. The van der Waals surface area contributed by atoms with Gasteiger partial charge in [-0.1, -0.05) is 77.1 Å². The summed E-state index contributed by atoms with van der Waals surface area (Å²) in [4.78, 5) is 5.01. The molecule has 4 aromatic carbocycles. The van der Waals surface area contributed by atoms with Crippen LogP contribution >= 0.6 is 0 Å². The van der Waals surface area contributed by atoms with Crippen LogP contribution in [0, 0.1) is 5.41 Å². The zero-order valence-corrected chi connectivity index (χ0v) is 21.1. The van der Waals surface area contributed by atoms with E-state index in [0.717, 1.165) is 11.9 Å². The van der Waals surface area contributed by atoms with E-state index in [1.807, 2.05) is 6.20 Å². The summed E-state index contributed by atoms with van der Waals surface area (Å²) in [6.07, 6.45) is 2.97. The third-order valence-electron chi connectivity index (χ3n) is 7.66. The molecule has 172 valence electrons. The molecule has 0 saturated carbocycles. The van der Waals surface area contributed by atoms with Crippen LogP contribution in [-0.4, -0.2) is 9.38 Å². The van der Waals surface area contributed by atoms with Crippen molar-refractivity contribution >= 4 is 59.8 Å². The van der Waals surface area contributed by atoms with E-state index in [2.05, 4.69) is 106 Å². The highest BCUT2D eigenvalue weighted by molar-refractivity contribution is 6.28. The number of pyridine rings is 2. The van der Waals surface area contributed by atoms with Gasteiger partial charge in [0, 0.05) is 27.7 Å². The van der Waals surface area contributed by atoms with Crippen LogP contribution in [0.5, 0.6) is 0 Å². The van der Waals surface area contributed by atoms with Crippen LogP contribution in [-0.2, 0) is 6.42 Å². The lowest BCUT2D eigenvalue weighted by Crippen LogP contribution is -2.11. The van der Waals surface area contributed by atoms with Gasteiger partial charge in [-0.05, 0) is 69.3 Å². The van der Waals surface area contributed by atoms with Crippen LogP contribution in [0.1, 0.15) is 51.7 Å². The van der Waals surface area contributed by atoms with Crippen LogP contribution in [0.4, 0.5) is 0 Å². The molecule has 7 rings (SSSR count). The van der Waals surface area contributed by atoms with E-state index in [1.54, 1.807) is 0 Å². The molecule has 0 fully saturated rings. The van der Waals surface area contributed by atoms with Gasteiger partial charge in [-0.2, -0.15) is 0 Å². The molecule has 2 nitrogen and oxygen atoms in total. The Balaban J connectivity index is 1.84. The number of hydrogen-bond donors (Lipinski definition) is 0. The summed E-state index contributed by atoms with van der Waals surface area (Å²) in [5.41, 5.74) is 7.98. The highest BCUT2D eigenvalue weighted by Crippen LogP contribution is 2.44. The second kappa shape index (κ2) is 6.95. The molecule has 0 bridgehead atoms. The number of benzene rings is 4. The van der Waals surface area contributed by atoms with Crippen molar-refractivity contribution < 1.29 is 0 Å². The normalized spacial score (nSPS) is 13.1. The highest BCUT2D eigenvalue weighted by atomic mass is 14.9. The zero-order chi connectivity index (χ0) is 24.1. The van der Waals surface area contributed by atoms with E-state index in [9.17, 15) is 0 Å². The van der Waals surface area contributed by atoms with E-state index in [4.69, 9.17) is 4.98 Å². The molecule has 0 saturated heterocycles. The van der Waals surface area contributed by atoms with Gasteiger partial charge in [0.25, 0.3) is 0 Å². The lowest BCUT2D eigenvalue weighted by molar-refractivity contribution is 0.413. The number of fused-ring (bicyclic) bond motifs is 7. The van der Waals surface area contributed by atoms with Crippen molar-refractivity contribution in [3.05, 3.63) is 84.1 Å². The Morgan fingerprint density at radius 3 is 2.40 bits per heavy atom. The molecule has 3 aromatic heterocycles. The maximum absolute atomic E-state index is 5.01. The molecular formula is C33H30N2. The Morgan fingerprint density at radius 1 is 0.771 bits per heavy atom. The molecule has 0 amide bonds. The Kier molecular flexibility index (Phi) is 4.11. The van der Waals surface area contributed by atoms with Gasteiger partial charge >= 0.3 is 0 Å². The van der Waals surface area contributed by atoms with Crippen LogP contribution in [0.15, 0.2) is 72.9 Å². The molecule has 7 aromatic rings. The fourth-order valence-electron chi connectivity index (χ4n) is 6.14. The molecular weight excluding hydrogens is 424 g/mol. The molecule has 0 radical (unpaired) electrons. The Labute approximate surface area is 205 Å². The second-order valence-electron chi connectivity index (χ2n) is 11.7. The summed E-state index contributed by atoms with van der Waals surface area (Å²) in [5.74, 6) is 0.494. The van der Waals surface area contributed by atoms with Gasteiger partial charge in [0.05, 0.1) is 22.1 Å². The fraction of sp³-hybridized carbons (Fsp3) is 0.242.